The average Bonchev–Trinajstić information content (AvgIpc) is 2.83. The van der Waals surface area contributed by atoms with E-state index in [1.807, 2.05) is 0 Å². The number of rotatable bonds is 2. The van der Waals surface area contributed by atoms with Crippen molar-refractivity contribution in [2.75, 3.05) is 0 Å². The van der Waals surface area contributed by atoms with Gasteiger partial charge in [0.05, 0.1) is 5.39 Å². The van der Waals surface area contributed by atoms with Crippen LogP contribution >= 0.6 is 0 Å². The summed E-state index contributed by atoms with van der Waals surface area (Å²) in [5, 5.41) is 0.683. The summed E-state index contributed by atoms with van der Waals surface area (Å²) in [6.07, 6.45) is 7.73. The Morgan fingerprint density at radius 3 is 2.94 bits per heavy atom. The number of fused-ring (bicyclic) bond motifs is 1. The van der Waals surface area contributed by atoms with Gasteiger partial charge in [-0.2, -0.15) is 0 Å². The van der Waals surface area contributed by atoms with Gasteiger partial charge >= 0.3 is 0 Å². The van der Waals surface area contributed by atoms with E-state index in [-0.39, 0.29) is 11.7 Å². The van der Waals surface area contributed by atoms with Crippen LogP contribution in [0.1, 0.15) is 25.7 Å². The Kier molecular flexibility index (Phi) is 2.51. The molecule has 0 unspecified atom stereocenters. The minimum atomic E-state index is -0.207. The third-order valence-corrected chi connectivity index (χ3v) is 3.11. The second kappa shape index (κ2) is 4.16. The second-order valence-electron chi connectivity index (χ2n) is 4.27. The Hall–Kier alpha value is -1.91. The Labute approximate surface area is 97.9 Å². The van der Waals surface area contributed by atoms with Crippen LogP contribution in [-0.2, 0) is 0 Å². The van der Waals surface area contributed by atoms with Crippen LogP contribution in [0.2, 0.25) is 0 Å². The number of H-pyrrole nitrogens is 1. The van der Waals surface area contributed by atoms with Crippen molar-refractivity contribution in [3.05, 3.63) is 28.9 Å². The highest BCUT2D eigenvalue weighted by molar-refractivity contribution is 5.81. The van der Waals surface area contributed by atoms with Crippen LogP contribution in [0.25, 0.3) is 10.9 Å². The molecular weight excluding hydrogens is 218 g/mol. The predicted octanol–water partition coefficient (Wildman–Crippen LogP) is 1.64. The number of nitrogens with one attached hydrogen (secondary N) is 1. The molecule has 0 aromatic carbocycles. The number of aromatic amines is 1. The quantitative estimate of drug-likeness (QED) is 0.853. The molecule has 1 fully saturated rings. The van der Waals surface area contributed by atoms with Gasteiger partial charge in [0, 0.05) is 6.20 Å². The number of hydrogen-bond acceptors (Lipinski definition) is 4. The molecule has 2 aromatic heterocycles. The Balaban J connectivity index is 2.04. The van der Waals surface area contributed by atoms with Gasteiger partial charge in [0.1, 0.15) is 17.9 Å². The maximum absolute atomic E-state index is 11.6. The lowest BCUT2D eigenvalue weighted by atomic mass is 10.3. The first-order valence-corrected chi connectivity index (χ1v) is 5.83. The van der Waals surface area contributed by atoms with Gasteiger partial charge in [0.15, 0.2) is 0 Å². The molecule has 5 heteroatoms. The third kappa shape index (κ3) is 1.88. The highest BCUT2D eigenvalue weighted by Crippen LogP contribution is 2.26. The molecule has 0 amide bonds. The molecule has 88 valence electrons. The summed E-state index contributed by atoms with van der Waals surface area (Å²) in [5.74, 6) is 0.521. The number of pyridine rings is 1. The van der Waals surface area contributed by atoms with Gasteiger partial charge in [0.2, 0.25) is 5.88 Å². The molecule has 1 saturated carbocycles. The van der Waals surface area contributed by atoms with E-state index < -0.39 is 0 Å². The molecule has 5 nitrogen and oxygen atoms in total. The lowest BCUT2D eigenvalue weighted by Crippen LogP contribution is -2.14. The van der Waals surface area contributed by atoms with Crippen molar-refractivity contribution in [2.45, 2.75) is 31.8 Å². The lowest BCUT2D eigenvalue weighted by Gasteiger charge is -2.12. The first-order valence-electron chi connectivity index (χ1n) is 5.83. The van der Waals surface area contributed by atoms with Crippen molar-refractivity contribution in [2.24, 2.45) is 0 Å². The molecular formula is C12H13N3O2. The number of aromatic nitrogens is 3. The summed E-state index contributed by atoms with van der Waals surface area (Å²) in [5.41, 5.74) is 0.177. The molecule has 3 rings (SSSR count). The van der Waals surface area contributed by atoms with E-state index in [4.69, 9.17) is 4.74 Å². The summed E-state index contributed by atoms with van der Waals surface area (Å²) in [4.78, 5) is 22.3. The topological polar surface area (TPSA) is 67.9 Å². The summed E-state index contributed by atoms with van der Waals surface area (Å²) >= 11 is 0. The Bertz CT molecular complexity index is 588. The predicted molar refractivity (Wildman–Crippen MR) is 63.0 cm³/mol. The zero-order chi connectivity index (χ0) is 11.7. The summed E-state index contributed by atoms with van der Waals surface area (Å²) in [6, 6.07) is 1.78. The van der Waals surface area contributed by atoms with Crippen molar-refractivity contribution in [3.63, 3.8) is 0 Å². The van der Waals surface area contributed by atoms with Crippen molar-refractivity contribution in [1.82, 2.24) is 15.0 Å². The molecule has 0 aliphatic heterocycles. The van der Waals surface area contributed by atoms with Gasteiger partial charge in [-0.15, -0.1) is 0 Å². The third-order valence-electron chi connectivity index (χ3n) is 3.11. The monoisotopic (exact) mass is 231 g/mol. The standard InChI is InChI=1S/C12H13N3O2/c16-11-10-9(5-6-13-11)12(15-7-14-10)17-8-3-1-2-4-8/h5-8H,1-4H2,(H,13,16). The van der Waals surface area contributed by atoms with E-state index in [0.29, 0.717) is 16.8 Å². The summed E-state index contributed by atoms with van der Waals surface area (Å²) in [6.45, 7) is 0. The second-order valence-corrected chi connectivity index (χ2v) is 4.27. The van der Waals surface area contributed by atoms with Crippen molar-refractivity contribution in [1.29, 1.82) is 0 Å². The van der Waals surface area contributed by atoms with Crippen LogP contribution in [0.15, 0.2) is 23.4 Å². The van der Waals surface area contributed by atoms with Crippen LogP contribution in [0.5, 0.6) is 5.88 Å². The largest absolute Gasteiger partial charge is 0.474 e. The van der Waals surface area contributed by atoms with Crippen LogP contribution in [0, 0.1) is 0 Å². The molecule has 0 saturated heterocycles. The maximum Gasteiger partial charge on any atom is 0.274 e. The zero-order valence-corrected chi connectivity index (χ0v) is 9.35. The Morgan fingerprint density at radius 2 is 2.12 bits per heavy atom. The van der Waals surface area contributed by atoms with Crippen LogP contribution in [0.3, 0.4) is 0 Å². The van der Waals surface area contributed by atoms with Crippen LogP contribution < -0.4 is 10.3 Å². The van der Waals surface area contributed by atoms with E-state index >= 15 is 0 Å². The smallest absolute Gasteiger partial charge is 0.274 e. The van der Waals surface area contributed by atoms with Crippen molar-refractivity contribution in [3.8, 4) is 5.88 Å². The molecule has 0 bridgehead atoms. The molecule has 2 aromatic rings. The first-order chi connectivity index (χ1) is 8.34. The molecule has 2 heterocycles. The van der Waals surface area contributed by atoms with Gasteiger partial charge in [-0.05, 0) is 31.7 Å². The van der Waals surface area contributed by atoms with Gasteiger partial charge in [0.25, 0.3) is 5.56 Å². The van der Waals surface area contributed by atoms with Gasteiger partial charge < -0.3 is 9.72 Å². The number of nitrogens with zero attached hydrogens (tertiary/aromatic N) is 2. The van der Waals surface area contributed by atoms with Crippen LogP contribution in [-0.4, -0.2) is 21.1 Å². The summed E-state index contributed by atoms with van der Waals surface area (Å²) in [7, 11) is 0. The fraction of sp³-hybridized carbons (Fsp3) is 0.417. The number of hydrogen-bond donors (Lipinski definition) is 1. The molecule has 0 atom stereocenters. The normalized spacial score (nSPS) is 16.5. The molecule has 17 heavy (non-hydrogen) atoms. The van der Waals surface area contributed by atoms with Crippen molar-refractivity contribution < 1.29 is 4.74 Å². The zero-order valence-electron chi connectivity index (χ0n) is 9.35. The molecule has 1 aliphatic carbocycles. The summed E-state index contributed by atoms with van der Waals surface area (Å²) < 4.78 is 5.84. The lowest BCUT2D eigenvalue weighted by molar-refractivity contribution is 0.204. The fourth-order valence-corrected chi connectivity index (χ4v) is 2.24. The molecule has 0 spiro atoms. The minimum Gasteiger partial charge on any atom is -0.474 e. The van der Waals surface area contributed by atoms with Crippen molar-refractivity contribution >= 4 is 10.9 Å². The van der Waals surface area contributed by atoms with Gasteiger partial charge in [-0.3, -0.25) is 4.79 Å². The van der Waals surface area contributed by atoms with Crippen LogP contribution in [0.4, 0.5) is 0 Å². The van der Waals surface area contributed by atoms with Gasteiger partial charge in [-0.1, -0.05) is 0 Å². The van der Waals surface area contributed by atoms with E-state index in [9.17, 15) is 4.79 Å². The average molecular weight is 231 g/mol. The van der Waals surface area contributed by atoms with E-state index in [2.05, 4.69) is 15.0 Å². The van der Waals surface area contributed by atoms with E-state index in [0.717, 1.165) is 12.8 Å². The minimum absolute atomic E-state index is 0.207. The number of ether oxygens (including phenoxy) is 1. The maximum atomic E-state index is 11.6. The molecule has 1 N–H and O–H groups in total. The van der Waals surface area contributed by atoms with E-state index in [1.54, 1.807) is 12.3 Å². The SMILES string of the molecule is O=c1[nH]ccc2c(OC3CCCC3)ncnc12. The fourth-order valence-electron chi connectivity index (χ4n) is 2.24. The first kappa shape index (κ1) is 10.3. The highest BCUT2D eigenvalue weighted by Gasteiger charge is 2.18. The van der Waals surface area contributed by atoms with E-state index in [1.165, 1.54) is 19.2 Å². The Morgan fingerprint density at radius 1 is 1.29 bits per heavy atom. The molecule has 1 aliphatic rings. The molecule has 0 radical (unpaired) electrons. The van der Waals surface area contributed by atoms with Gasteiger partial charge in [-0.25, -0.2) is 9.97 Å². The highest BCUT2D eigenvalue weighted by atomic mass is 16.5.